The zero-order valence-electron chi connectivity index (χ0n) is 10.1. The minimum absolute atomic E-state index is 0.292. The number of hydrogen-bond acceptors (Lipinski definition) is 3. The Balaban J connectivity index is 2.20. The lowest BCUT2D eigenvalue weighted by atomic mass is 10.1. The molecule has 0 aliphatic carbocycles. The van der Waals surface area contributed by atoms with Crippen LogP contribution in [-0.4, -0.2) is 11.8 Å². The molecule has 0 radical (unpaired) electrons. The number of carbonyl (C=O) groups excluding carboxylic acids is 2. The molecule has 0 aliphatic rings. The fourth-order valence-electron chi connectivity index (χ4n) is 1.63. The van der Waals surface area contributed by atoms with Crippen LogP contribution in [0.15, 0.2) is 48.5 Å². The van der Waals surface area contributed by atoms with Crippen LogP contribution in [0.5, 0.6) is 0 Å². The molecule has 0 saturated carbocycles. The van der Waals surface area contributed by atoms with Gasteiger partial charge in [0.2, 0.25) is 5.91 Å². The molecule has 0 bridgehead atoms. The molecule has 0 atom stereocenters. The smallest absolute Gasteiger partial charge is 0.255 e. The molecule has 0 saturated heterocycles. The molecule has 2 amide bonds. The highest BCUT2D eigenvalue weighted by atomic mass is 16.2. The SMILES string of the molecule is NC(=O)c1cccc(C(=O)Nc2cccc(N)c2)c1. The lowest BCUT2D eigenvalue weighted by Crippen LogP contribution is -2.15. The van der Waals surface area contributed by atoms with Gasteiger partial charge in [0, 0.05) is 22.5 Å². The second kappa shape index (κ2) is 5.22. The summed E-state index contributed by atoms with van der Waals surface area (Å²) in [5, 5.41) is 2.69. The minimum atomic E-state index is -0.571. The summed E-state index contributed by atoms with van der Waals surface area (Å²) in [6.45, 7) is 0. The molecule has 0 heterocycles. The Kier molecular flexibility index (Phi) is 3.47. The van der Waals surface area contributed by atoms with Gasteiger partial charge in [0.25, 0.3) is 5.91 Å². The standard InChI is InChI=1S/C14H13N3O2/c15-11-5-2-6-12(8-11)17-14(19)10-4-1-3-9(7-10)13(16)18/h1-8H,15H2,(H2,16,18)(H,17,19). The Morgan fingerprint density at radius 3 is 2.32 bits per heavy atom. The molecule has 0 aliphatic heterocycles. The first kappa shape index (κ1) is 12.6. The first-order valence-corrected chi connectivity index (χ1v) is 5.63. The van der Waals surface area contributed by atoms with Gasteiger partial charge in [0.15, 0.2) is 0 Å². The van der Waals surface area contributed by atoms with E-state index in [0.29, 0.717) is 22.5 Å². The highest BCUT2D eigenvalue weighted by Gasteiger charge is 2.08. The van der Waals surface area contributed by atoms with E-state index in [1.165, 1.54) is 6.07 Å². The molecular weight excluding hydrogens is 242 g/mol. The van der Waals surface area contributed by atoms with Gasteiger partial charge in [0.05, 0.1) is 0 Å². The van der Waals surface area contributed by atoms with Gasteiger partial charge in [-0.25, -0.2) is 0 Å². The fraction of sp³-hybridized carbons (Fsp3) is 0. The largest absolute Gasteiger partial charge is 0.399 e. The summed E-state index contributed by atoms with van der Waals surface area (Å²) in [7, 11) is 0. The second-order valence-corrected chi connectivity index (χ2v) is 4.02. The molecule has 2 aromatic rings. The Hall–Kier alpha value is -2.82. The van der Waals surface area contributed by atoms with Crippen LogP contribution in [0.3, 0.4) is 0 Å². The number of nitrogens with two attached hydrogens (primary N) is 2. The number of nitrogen functional groups attached to an aromatic ring is 1. The van der Waals surface area contributed by atoms with Crippen LogP contribution >= 0.6 is 0 Å². The number of carbonyl (C=O) groups is 2. The molecule has 5 nitrogen and oxygen atoms in total. The molecule has 0 aromatic heterocycles. The van der Waals surface area contributed by atoms with Crippen molar-refractivity contribution in [1.29, 1.82) is 0 Å². The lowest BCUT2D eigenvalue weighted by Gasteiger charge is -2.06. The maximum absolute atomic E-state index is 12.0. The van der Waals surface area contributed by atoms with Gasteiger partial charge in [0.1, 0.15) is 0 Å². The first-order valence-electron chi connectivity index (χ1n) is 5.63. The van der Waals surface area contributed by atoms with Crippen LogP contribution in [0.25, 0.3) is 0 Å². The first-order chi connectivity index (χ1) is 9.06. The fourth-order valence-corrected chi connectivity index (χ4v) is 1.63. The summed E-state index contributed by atoms with van der Waals surface area (Å²) in [6, 6.07) is 13.1. The van der Waals surface area contributed by atoms with Crippen LogP contribution in [-0.2, 0) is 0 Å². The van der Waals surface area contributed by atoms with Crippen molar-refractivity contribution in [3.63, 3.8) is 0 Å². The second-order valence-electron chi connectivity index (χ2n) is 4.02. The zero-order chi connectivity index (χ0) is 13.8. The molecule has 0 unspecified atom stereocenters. The van der Waals surface area contributed by atoms with Crippen LogP contribution < -0.4 is 16.8 Å². The highest BCUT2D eigenvalue weighted by Crippen LogP contribution is 2.14. The third kappa shape index (κ3) is 3.10. The van der Waals surface area contributed by atoms with Gasteiger partial charge in [-0.15, -0.1) is 0 Å². The van der Waals surface area contributed by atoms with Crippen molar-refractivity contribution in [2.45, 2.75) is 0 Å². The monoisotopic (exact) mass is 255 g/mol. The molecule has 5 heteroatoms. The lowest BCUT2D eigenvalue weighted by molar-refractivity contribution is 0.1000. The quantitative estimate of drug-likeness (QED) is 0.727. The normalized spacial score (nSPS) is 9.89. The summed E-state index contributed by atoms with van der Waals surface area (Å²) in [5.41, 5.74) is 12.6. The molecule has 0 fully saturated rings. The third-order valence-electron chi connectivity index (χ3n) is 2.55. The Labute approximate surface area is 110 Å². The molecule has 2 rings (SSSR count). The minimum Gasteiger partial charge on any atom is -0.399 e. The zero-order valence-corrected chi connectivity index (χ0v) is 10.1. The Bertz CT molecular complexity index is 638. The average molecular weight is 255 g/mol. The van der Waals surface area contributed by atoms with Crippen LogP contribution in [0.4, 0.5) is 11.4 Å². The molecular formula is C14H13N3O2. The summed E-state index contributed by atoms with van der Waals surface area (Å²) < 4.78 is 0. The molecule has 2 aromatic carbocycles. The van der Waals surface area contributed by atoms with E-state index in [-0.39, 0.29) is 5.91 Å². The van der Waals surface area contributed by atoms with Gasteiger partial charge < -0.3 is 16.8 Å². The third-order valence-corrected chi connectivity index (χ3v) is 2.55. The van der Waals surface area contributed by atoms with Gasteiger partial charge >= 0.3 is 0 Å². The Morgan fingerprint density at radius 2 is 1.63 bits per heavy atom. The van der Waals surface area contributed by atoms with Gasteiger partial charge in [-0.3, -0.25) is 9.59 Å². The number of amides is 2. The van der Waals surface area contributed by atoms with E-state index in [4.69, 9.17) is 11.5 Å². The number of hydrogen-bond donors (Lipinski definition) is 3. The van der Waals surface area contributed by atoms with Crippen molar-refractivity contribution >= 4 is 23.2 Å². The van der Waals surface area contributed by atoms with Crippen molar-refractivity contribution < 1.29 is 9.59 Å². The number of benzene rings is 2. The van der Waals surface area contributed by atoms with Crippen LogP contribution in [0, 0.1) is 0 Å². The van der Waals surface area contributed by atoms with E-state index < -0.39 is 5.91 Å². The van der Waals surface area contributed by atoms with Crippen molar-refractivity contribution in [2.24, 2.45) is 5.73 Å². The maximum Gasteiger partial charge on any atom is 0.255 e. The molecule has 5 N–H and O–H groups in total. The maximum atomic E-state index is 12.0. The van der Waals surface area contributed by atoms with Crippen molar-refractivity contribution in [2.75, 3.05) is 11.1 Å². The molecule has 0 spiro atoms. The topological polar surface area (TPSA) is 98.2 Å². The van der Waals surface area contributed by atoms with Gasteiger partial charge in [-0.2, -0.15) is 0 Å². The number of primary amides is 1. The van der Waals surface area contributed by atoms with E-state index >= 15 is 0 Å². The van der Waals surface area contributed by atoms with Crippen molar-refractivity contribution in [3.05, 3.63) is 59.7 Å². The van der Waals surface area contributed by atoms with Crippen LogP contribution in [0.1, 0.15) is 20.7 Å². The van der Waals surface area contributed by atoms with Gasteiger partial charge in [-0.1, -0.05) is 12.1 Å². The van der Waals surface area contributed by atoms with E-state index in [0.717, 1.165) is 0 Å². The van der Waals surface area contributed by atoms with E-state index in [9.17, 15) is 9.59 Å². The van der Waals surface area contributed by atoms with E-state index in [1.54, 1.807) is 42.5 Å². The number of nitrogens with one attached hydrogen (secondary N) is 1. The van der Waals surface area contributed by atoms with Crippen LogP contribution in [0.2, 0.25) is 0 Å². The Morgan fingerprint density at radius 1 is 0.947 bits per heavy atom. The summed E-state index contributed by atoms with van der Waals surface area (Å²) in [6.07, 6.45) is 0. The van der Waals surface area contributed by atoms with Crippen molar-refractivity contribution in [3.8, 4) is 0 Å². The average Bonchev–Trinajstić information content (AvgIpc) is 2.39. The number of anilines is 2. The predicted octanol–water partition coefficient (Wildman–Crippen LogP) is 1.62. The highest BCUT2D eigenvalue weighted by molar-refractivity contribution is 6.06. The molecule has 96 valence electrons. The number of rotatable bonds is 3. The predicted molar refractivity (Wildman–Crippen MR) is 73.8 cm³/mol. The van der Waals surface area contributed by atoms with E-state index in [1.807, 2.05) is 0 Å². The summed E-state index contributed by atoms with van der Waals surface area (Å²) in [4.78, 5) is 23.0. The summed E-state index contributed by atoms with van der Waals surface area (Å²) in [5.74, 6) is -0.896. The van der Waals surface area contributed by atoms with Crippen molar-refractivity contribution in [1.82, 2.24) is 0 Å². The van der Waals surface area contributed by atoms with Gasteiger partial charge in [-0.05, 0) is 36.4 Å². The summed E-state index contributed by atoms with van der Waals surface area (Å²) >= 11 is 0. The molecule has 19 heavy (non-hydrogen) atoms. The van der Waals surface area contributed by atoms with E-state index in [2.05, 4.69) is 5.32 Å².